The SMILES string of the molecule is Cc1cccc2c(NCc3ccc(CN(C)C)c(F)c3)ccnc12. The summed E-state index contributed by atoms with van der Waals surface area (Å²) in [5.41, 5.74) is 4.80. The zero-order chi connectivity index (χ0) is 17.1. The molecule has 0 atom stereocenters. The van der Waals surface area contributed by atoms with Crippen molar-refractivity contribution in [3.63, 3.8) is 0 Å². The monoisotopic (exact) mass is 323 g/mol. The van der Waals surface area contributed by atoms with Crippen LogP contribution in [0.25, 0.3) is 10.9 Å². The van der Waals surface area contributed by atoms with Gasteiger partial charge in [0.15, 0.2) is 0 Å². The zero-order valence-electron chi connectivity index (χ0n) is 14.3. The lowest BCUT2D eigenvalue weighted by molar-refractivity contribution is 0.392. The predicted molar refractivity (Wildman–Crippen MR) is 97.6 cm³/mol. The maximum absolute atomic E-state index is 14.2. The molecular formula is C20H22FN3. The molecule has 0 saturated carbocycles. The van der Waals surface area contributed by atoms with Gasteiger partial charge in [-0.3, -0.25) is 4.98 Å². The van der Waals surface area contributed by atoms with Crippen LogP contribution in [0.1, 0.15) is 16.7 Å². The Morgan fingerprint density at radius 3 is 2.71 bits per heavy atom. The molecule has 0 aliphatic heterocycles. The second kappa shape index (κ2) is 6.97. The van der Waals surface area contributed by atoms with Crippen LogP contribution in [-0.4, -0.2) is 24.0 Å². The van der Waals surface area contributed by atoms with Crippen molar-refractivity contribution in [1.82, 2.24) is 9.88 Å². The molecule has 0 bridgehead atoms. The Kier molecular flexibility index (Phi) is 4.76. The Labute approximate surface area is 142 Å². The normalized spacial score (nSPS) is 11.2. The van der Waals surface area contributed by atoms with Crippen LogP contribution in [-0.2, 0) is 13.1 Å². The van der Waals surface area contributed by atoms with Gasteiger partial charge in [0.1, 0.15) is 5.82 Å². The van der Waals surface area contributed by atoms with E-state index in [4.69, 9.17) is 0 Å². The van der Waals surface area contributed by atoms with E-state index in [1.165, 1.54) is 0 Å². The third-order valence-corrected chi connectivity index (χ3v) is 4.06. The lowest BCUT2D eigenvalue weighted by Crippen LogP contribution is -2.12. The van der Waals surface area contributed by atoms with Crippen molar-refractivity contribution in [2.75, 3.05) is 19.4 Å². The lowest BCUT2D eigenvalue weighted by Gasteiger charge is -2.13. The minimum absolute atomic E-state index is 0.154. The first-order valence-corrected chi connectivity index (χ1v) is 8.05. The smallest absolute Gasteiger partial charge is 0.128 e. The van der Waals surface area contributed by atoms with Gasteiger partial charge in [0.05, 0.1) is 5.52 Å². The first-order chi connectivity index (χ1) is 11.5. The molecule has 0 aliphatic carbocycles. The van der Waals surface area contributed by atoms with Gasteiger partial charge in [-0.2, -0.15) is 0 Å². The fourth-order valence-electron chi connectivity index (χ4n) is 2.84. The van der Waals surface area contributed by atoms with Crippen LogP contribution in [0.15, 0.2) is 48.7 Å². The van der Waals surface area contributed by atoms with Crippen LogP contribution < -0.4 is 5.32 Å². The fraction of sp³-hybridized carbons (Fsp3) is 0.250. The van der Waals surface area contributed by atoms with Crippen molar-refractivity contribution in [2.45, 2.75) is 20.0 Å². The number of aromatic nitrogens is 1. The van der Waals surface area contributed by atoms with Crippen molar-refractivity contribution >= 4 is 16.6 Å². The number of hydrogen-bond donors (Lipinski definition) is 1. The number of fused-ring (bicyclic) bond motifs is 1. The van der Waals surface area contributed by atoms with Gasteiger partial charge in [-0.15, -0.1) is 0 Å². The summed E-state index contributed by atoms with van der Waals surface area (Å²) >= 11 is 0. The highest BCUT2D eigenvalue weighted by Crippen LogP contribution is 2.24. The molecule has 24 heavy (non-hydrogen) atoms. The third kappa shape index (κ3) is 3.54. The third-order valence-electron chi connectivity index (χ3n) is 4.06. The van der Waals surface area contributed by atoms with Gasteiger partial charge in [-0.05, 0) is 44.3 Å². The molecule has 3 aromatic rings. The highest BCUT2D eigenvalue weighted by molar-refractivity contribution is 5.92. The summed E-state index contributed by atoms with van der Waals surface area (Å²) in [5, 5.41) is 4.49. The minimum Gasteiger partial charge on any atom is -0.380 e. The number of aryl methyl sites for hydroxylation is 1. The molecule has 124 valence electrons. The molecule has 0 fully saturated rings. The molecule has 3 rings (SSSR count). The zero-order valence-corrected chi connectivity index (χ0v) is 14.3. The number of pyridine rings is 1. The first-order valence-electron chi connectivity index (χ1n) is 8.05. The maximum atomic E-state index is 14.2. The summed E-state index contributed by atoms with van der Waals surface area (Å²) in [6, 6.07) is 13.5. The summed E-state index contributed by atoms with van der Waals surface area (Å²) < 4.78 is 14.2. The van der Waals surface area contributed by atoms with Crippen molar-refractivity contribution in [3.8, 4) is 0 Å². The Balaban J connectivity index is 1.79. The summed E-state index contributed by atoms with van der Waals surface area (Å²) in [6.45, 7) is 3.23. The summed E-state index contributed by atoms with van der Waals surface area (Å²) in [6.07, 6.45) is 1.80. The van der Waals surface area contributed by atoms with E-state index < -0.39 is 0 Å². The molecule has 1 N–H and O–H groups in total. The van der Waals surface area contributed by atoms with E-state index in [2.05, 4.69) is 29.4 Å². The van der Waals surface area contributed by atoms with Crippen LogP contribution in [0, 0.1) is 12.7 Å². The van der Waals surface area contributed by atoms with Crippen LogP contribution in [0.2, 0.25) is 0 Å². The number of hydrogen-bond acceptors (Lipinski definition) is 3. The second-order valence-electron chi connectivity index (χ2n) is 6.35. The van der Waals surface area contributed by atoms with E-state index in [0.29, 0.717) is 18.7 Å². The van der Waals surface area contributed by atoms with Gasteiger partial charge >= 0.3 is 0 Å². The number of nitrogens with zero attached hydrogens (tertiary/aromatic N) is 2. The Bertz CT molecular complexity index is 859. The number of para-hydroxylation sites is 1. The van der Waals surface area contributed by atoms with Crippen molar-refractivity contribution < 1.29 is 4.39 Å². The van der Waals surface area contributed by atoms with Gasteiger partial charge in [0.25, 0.3) is 0 Å². The lowest BCUT2D eigenvalue weighted by atomic mass is 10.1. The Morgan fingerprint density at radius 1 is 1.12 bits per heavy atom. The van der Waals surface area contributed by atoms with Crippen LogP contribution in [0.3, 0.4) is 0 Å². The molecule has 0 unspecified atom stereocenters. The van der Waals surface area contributed by atoms with E-state index >= 15 is 0 Å². The summed E-state index contributed by atoms with van der Waals surface area (Å²) in [7, 11) is 3.87. The topological polar surface area (TPSA) is 28.2 Å². The van der Waals surface area contributed by atoms with Gasteiger partial charge < -0.3 is 10.2 Å². The average molecular weight is 323 g/mol. The molecule has 1 aromatic heterocycles. The molecule has 0 amide bonds. The van der Waals surface area contributed by atoms with Crippen LogP contribution >= 0.6 is 0 Å². The molecule has 4 heteroatoms. The largest absolute Gasteiger partial charge is 0.380 e. The Hall–Kier alpha value is -2.46. The van der Waals surface area contributed by atoms with Crippen LogP contribution in [0.5, 0.6) is 0 Å². The van der Waals surface area contributed by atoms with Gasteiger partial charge in [0.2, 0.25) is 0 Å². The Morgan fingerprint density at radius 2 is 1.96 bits per heavy atom. The van der Waals surface area contributed by atoms with Crippen LogP contribution in [0.4, 0.5) is 10.1 Å². The highest BCUT2D eigenvalue weighted by Gasteiger charge is 2.07. The average Bonchev–Trinajstić information content (AvgIpc) is 2.55. The molecule has 2 aromatic carbocycles. The van der Waals surface area contributed by atoms with E-state index in [0.717, 1.165) is 27.7 Å². The van der Waals surface area contributed by atoms with Gasteiger partial charge in [0, 0.05) is 35.9 Å². The summed E-state index contributed by atoms with van der Waals surface area (Å²) in [5.74, 6) is -0.154. The van der Waals surface area contributed by atoms with Crippen molar-refractivity contribution in [3.05, 3.63) is 71.2 Å². The van der Waals surface area contributed by atoms with Crippen molar-refractivity contribution in [2.24, 2.45) is 0 Å². The van der Waals surface area contributed by atoms with Crippen molar-refractivity contribution in [1.29, 1.82) is 0 Å². The first kappa shape index (κ1) is 16.4. The summed E-state index contributed by atoms with van der Waals surface area (Å²) in [4.78, 5) is 6.41. The molecule has 0 radical (unpaired) electrons. The highest BCUT2D eigenvalue weighted by atomic mass is 19.1. The standard InChI is InChI=1S/C20H22FN3/c1-14-5-4-6-17-19(9-10-22-20(14)17)23-12-15-7-8-16(13-24(2)3)18(21)11-15/h4-11H,12-13H2,1-3H3,(H,22,23). The van der Waals surface area contributed by atoms with E-state index in [9.17, 15) is 4.39 Å². The number of nitrogens with one attached hydrogen (secondary N) is 1. The predicted octanol–water partition coefficient (Wildman–Crippen LogP) is 4.36. The molecule has 0 spiro atoms. The van der Waals surface area contributed by atoms with Gasteiger partial charge in [-0.1, -0.05) is 30.3 Å². The molecule has 1 heterocycles. The second-order valence-corrected chi connectivity index (χ2v) is 6.35. The van der Waals surface area contributed by atoms with E-state index in [-0.39, 0.29) is 5.82 Å². The molecule has 0 saturated heterocycles. The number of rotatable bonds is 5. The number of benzene rings is 2. The minimum atomic E-state index is -0.154. The number of halogens is 1. The van der Waals surface area contributed by atoms with E-state index in [1.807, 2.05) is 43.3 Å². The van der Waals surface area contributed by atoms with Gasteiger partial charge in [-0.25, -0.2) is 4.39 Å². The van der Waals surface area contributed by atoms with E-state index in [1.54, 1.807) is 12.3 Å². The maximum Gasteiger partial charge on any atom is 0.128 e. The molecule has 3 nitrogen and oxygen atoms in total. The molecule has 0 aliphatic rings. The quantitative estimate of drug-likeness (QED) is 0.756. The molecular weight excluding hydrogens is 301 g/mol. The fourth-order valence-corrected chi connectivity index (χ4v) is 2.84. The number of anilines is 1.